The summed E-state index contributed by atoms with van der Waals surface area (Å²) >= 11 is 3.36. The third kappa shape index (κ3) is 3.03. The number of hydrogen-bond acceptors (Lipinski definition) is 2. The van der Waals surface area contributed by atoms with Crippen molar-refractivity contribution >= 4 is 21.8 Å². The highest BCUT2D eigenvalue weighted by Gasteiger charge is 2.01. The molecule has 1 amide bonds. The Kier molecular flexibility index (Phi) is 3.95. The van der Waals surface area contributed by atoms with Crippen molar-refractivity contribution in [1.82, 2.24) is 5.32 Å². The Hall–Kier alpha value is -1.03. The molecule has 0 spiro atoms. The largest absolute Gasteiger partial charge is 0.496 e. The van der Waals surface area contributed by atoms with Crippen molar-refractivity contribution in [2.45, 2.75) is 13.5 Å². The van der Waals surface area contributed by atoms with Gasteiger partial charge in [-0.1, -0.05) is 6.07 Å². The summed E-state index contributed by atoms with van der Waals surface area (Å²) in [4.78, 5) is 10.7. The fraction of sp³-hybridized carbons (Fsp3) is 0.300. The highest BCUT2D eigenvalue weighted by atomic mass is 79.9. The Morgan fingerprint density at radius 2 is 2.29 bits per heavy atom. The third-order valence-corrected chi connectivity index (χ3v) is 2.41. The number of halogens is 1. The molecule has 14 heavy (non-hydrogen) atoms. The molecule has 0 heterocycles. The first-order chi connectivity index (χ1) is 6.63. The lowest BCUT2D eigenvalue weighted by Crippen LogP contribution is -2.18. The van der Waals surface area contributed by atoms with Crippen LogP contribution in [0.25, 0.3) is 0 Å². The summed E-state index contributed by atoms with van der Waals surface area (Å²) in [5, 5.41) is 2.72. The molecule has 4 heteroatoms. The first kappa shape index (κ1) is 11.0. The van der Waals surface area contributed by atoms with E-state index < -0.39 is 0 Å². The highest BCUT2D eigenvalue weighted by Crippen LogP contribution is 2.25. The molecular weight excluding hydrogens is 246 g/mol. The monoisotopic (exact) mass is 257 g/mol. The summed E-state index contributed by atoms with van der Waals surface area (Å²) in [5.41, 5.74) is 1.01. The lowest BCUT2D eigenvalue weighted by Gasteiger charge is -2.06. The van der Waals surface area contributed by atoms with Gasteiger partial charge < -0.3 is 10.1 Å². The number of benzene rings is 1. The zero-order valence-electron chi connectivity index (χ0n) is 8.13. The van der Waals surface area contributed by atoms with Crippen LogP contribution in [-0.2, 0) is 11.3 Å². The smallest absolute Gasteiger partial charge is 0.217 e. The quantitative estimate of drug-likeness (QED) is 0.901. The van der Waals surface area contributed by atoms with E-state index in [0.717, 1.165) is 15.8 Å². The second-order valence-corrected chi connectivity index (χ2v) is 3.73. The molecule has 0 fully saturated rings. The van der Waals surface area contributed by atoms with Crippen LogP contribution >= 0.6 is 15.9 Å². The number of hydrogen-bond donors (Lipinski definition) is 1. The number of carbonyl (C=O) groups is 1. The Labute approximate surface area is 91.6 Å². The molecule has 0 bridgehead atoms. The van der Waals surface area contributed by atoms with Crippen molar-refractivity contribution in [1.29, 1.82) is 0 Å². The summed E-state index contributed by atoms with van der Waals surface area (Å²) in [6, 6.07) is 5.72. The molecule has 76 valence electrons. The summed E-state index contributed by atoms with van der Waals surface area (Å²) in [7, 11) is 1.61. The lowest BCUT2D eigenvalue weighted by molar-refractivity contribution is -0.119. The summed E-state index contributed by atoms with van der Waals surface area (Å²) < 4.78 is 6.04. The topological polar surface area (TPSA) is 38.3 Å². The number of carbonyl (C=O) groups excluding carboxylic acids is 1. The number of methoxy groups -OCH3 is 1. The van der Waals surface area contributed by atoms with Gasteiger partial charge in [-0.3, -0.25) is 4.79 Å². The second kappa shape index (κ2) is 5.00. The molecule has 1 rings (SSSR count). The fourth-order valence-electron chi connectivity index (χ4n) is 1.04. The maximum absolute atomic E-state index is 10.7. The van der Waals surface area contributed by atoms with Crippen molar-refractivity contribution in [2.24, 2.45) is 0 Å². The van der Waals surface area contributed by atoms with Gasteiger partial charge in [-0.05, 0) is 33.6 Å². The number of rotatable bonds is 3. The van der Waals surface area contributed by atoms with Crippen LogP contribution in [0.3, 0.4) is 0 Å². The Bertz CT molecular complexity index is 339. The van der Waals surface area contributed by atoms with Gasteiger partial charge in [0.1, 0.15) is 5.75 Å². The highest BCUT2D eigenvalue weighted by molar-refractivity contribution is 9.10. The maximum Gasteiger partial charge on any atom is 0.217 e. The van der Waals surface area contributed by atoms with E-state index >= 15 is 0 Å². The summed E-state index contributed by atoms with van der Waals surface area (Å²) in [6.07, 6.45) is 0. The minimum absolute atomic E-state index is 0.0353. The molecule has 1 N–H and O–H groups in total. The zero-order valence-corrected chi connectivity index (χ0v) is 9.72. The molecule has 0 aliphatic rings. The molecule has 3 nitrogen and oxygen atoms in total. The second-order valence-electron chi connectivity index (χ2n) is 2.88. The molecule has 0 unspecified atom stereocenters. The van der Waals surface area contributed by atoms with E-state index in [4.69, 9.17) is 4.74 Å². The molecule has 0 aliphatic heterocycles. The standard InChI is InChI=1S/C10H12BrNO2/c1-7(13)12-6-8-3-4-9(11)10(5-8)14-2/h3-5H,6H2,1-2H3,(H,12,13). The molecule has 0 radical (unpaired) electrons. The van der Waals surface area contributed by atoms with Gasteiger partial charge in [0, 0.05) is 13.5 Å². The molecule has 0 aliphatic carbocycles. The van der Waals surface area contributed by atoms with E-state index in [2.05, 4.69) is 21.2 Å². The first-order valence-corrected chi connectivity index (χ1v) is 4.99. The SMILES string of the molecule is COc1cc(CNC(C)=O)ccc1Br. The van der Waals surface area contributed by atoms with Gasteiger partial charge in [0.2, 0.25) is 5.91 Å². The molecule has 0 saturated heterocycles. The number of amides is 1. The number of nitrogens with one attached hydrogen (secondary N) is 1. The van der Waals surface area contributed by atoms with Crippen LogP contribution in [0, 0.1) is 0 Å². The third-order valence-electron chi connectivity index (χ3n) is 1.76. The van der Waals surface area contributed by atoms with Crippen LogP contribution in [0.4, 0.5) is 0 Å². The van der Waals surface area contributed by atoms with E-state index in [1.807, 2.05) is 18.2 Å². The minimum atomic E-state index is -0.0353. The van der Waals surface area contributed by atoms with E-state index in [1.54, 1.807) is 7.11 Å². The molecule has 0 atom stereocenters. The van der Waals surface area contributed by atoms with Crippen molar-refractivity contribution in [3.63, 3.8) is 0 Å². The van der Waals surface area contributed by atoms with Crippen molar-refractivity contribution in [3.8, 4) is 5.75 Å². The molecule has 1 aromatic carbocycles. The van der Waals surface area contributed by atoms with Crippen LogP contribution in [0.15, 0.2) is 22.7 Å². The molecule has 1 aromatic rings. The Morgan fingerprint density at radius 1 is 1.57 bits per heavy atom. The van der Waals surface area contributed by atoms with Crippen LogP contribution in [0.5, 0.6) is 5.75 Å². The van der Waals surface area contributed by atoms with E-state index in [1.165, 1.54) is 6.92 Å². The van der Waals surface area contributed by atoms with Gasteiger partial charge in [-0.2, -0.15) is 0 Å². The van der Waals surface area contributed by atoms with Gasteiger partial charge in [-0.15, -0.1) is 0 Å². The normalized spacial score (nSPS) is 9.64. The number of ether oxygens (including phenoxy) is 1. The van der Waals surface area contributed by atoms with Crippen molar-refractivity contribution in [2.75, 3.05) is 7.11 Å². The van der Waals surface area contributed by atoms with Gasteiger partial charge in [-0.25, -0.2) is 0 Å². The van der Waals surface area contributed by atoms with Crippen LogP contribution < -0.4 is 10.1 Å². The van der Waals surface area contributed by atoms with Crippen molar-refractivity contribution in [3.05, 3.63) is 28.2 Å². The average molecular weight is 258 g/mol. The fourth-order valence-corrected chi connectivity index (χ4v) is 1.45. The predicted molar refractivity (Wildman–Crippen MR) is 58.2 cm³/mol. The Morgan fingerprint density at radius 3 is 2.86 bits per heavy atom. The van der Waals surface area contributed by atoms with Gasteiger partial charge in [0.05, 0.1) is 11.6 Å². The van der Waals surface area contributed by atoms with E-state index in [-0.39, 0.29) is 5.91 Å². The van der Waals surface area contributed by atoms with E-state index in [9.17, 15) is 4.79 Å². The molecule has 0 aromatic heterocycles. The molecular formula is C10H12BrNO2. The summed E-state index contributed by atoms with van der Waals surface area (Å²) in [5.74, 6) is 0.736. The van der Waals surface area contributed by atoms with Crippen molar-refractivity contribution < 1.29 is 9.53 Å². The average Bonchev–Trinajstić information content (AvgIpc) is 2.16. The van der Waals surface area contributed by atoms with Gasteiger partial charge in [0.25, 0.3) is 0 Å². The zero-order chi connectivity index (χ0) is 10.6. The predicted octanol–water partition coefficient (Wildman–Crippen LogP) is 2.09. The van der Waals surface area contributed by atoms with Crippen LogP contribution in [0.2, 0.25) is 0 Å². The minimum Gasteiger partial charge on any atom is -0.496 e. The van der Waals surface area contributed by atoms with E-state index in [0.29, 0.717) is 6.54 Å². The van der Waals surface area contributed by atoms with Gasteiger partial charge in [0.15, 0.2) is 0 Å². The first-order valence-electron chi connectivity index (χ1n) is 4.20. The molecule has 0 saturated carbocycles. The van der Waals surface area contributed by atoms with Gasteiger partial charge >= 0.3 is 0 Å². The maximum atomic E-state index is 10.7. The lowest BCUT2D eigenvalue weighted by atomic mass is 10.2. The Balaban J connectivity index is 2.74. The summed E-state index contributed by atoms with van der Waals surface area (Å²) in [6.45, 7) is 2.02. The van der Waals surface area contributed by atoms with Crippen LogP contribution in [-0.4, -0.2) is 13.0 Å². The van der Waals surface area contributed by atoms with Crippen LogP contribution in [0.1, 0.15) is 12.5 Å².